The first-order chi connectivity index (χ1) is 6.49. The van der Waals surface area contributed by atoms with Crippen LogP contribution in [0.5, 0.6) is 0 Å². The summed E-state index contributed by atoms with van der Waals surface area (Å²) in [5.74, 6) is -1.69. The van der Waals surface area contributed by atoms with E-state index < -0.39 is 24.0 Å². The van der Waals surface area contributed by atoms with Crippen LogP contribution >= 0.6 is 0 Å². The predicted molar refractivity (Wildman–Crippen MR) is 49.8 cm³/mol. The molecule has 0 radical (unpaired) electrons. The normalized spacial score (nSPS) is 14.5. The van der Waals surface area contributed by atoms with Crippen molar-refractivity contribution in [3.05, 3.63) is 0 Å². The number of amides is 1. The van der Waals surface area contributed by atoms with Gasteiger partial charge >= 0.3 is 5.97 Å². The monoisotopic (exact) mass is 204 g/mol. The molecule has 0 saturated carbocycles. The molecule has 1 amide bonds. The van der Waals surface area contributed by atoms with Crippen LogP contribution in [0.25, 0.3) is 0 Å². The minimum atomic E-state index is -1.25. The van der Waals surface area contributed by atoms with Crippen molar-refractivity contribution < 1.29 is 19.8 Å². The molecule has 0 aromatic rings. The number of aliphatic hydroxyl groups excluding tert-OH is 1. The van der Waals surface area contributed by atoms with Crippen molar-refractivity contribution in [2.75, 3.05) is 13.1 Å². The summed E-state index contributed by atoms with van der Waals surface area (Å²) >= 11 is 0. The van der Waals surface area contributed by atoms with Crippen molar-refractivity contribution in [2.45, 2.75) is 26.0 Å². The summed E-state index contributed by atoms with van der Waals surface area (Å²) in [5.41, 5.74) is 0. The van der Waals surface area contributed by atoms with Crippen LogP contribution in [0.15, 0.2) is 0 Å². The van der Waals surface area contributed by atoms with E-state index >= 15 is 0 Å². The third-order valence-electron chi connectivity index (χ3n) is 1.60. The van der Waals surface area contributed by atoms with Crippen molar-refractivity contribution in [1.29, 1.82) is 0 Å². The van der Waals surface area contributed by atoms with Crippen molar-refractivity contribution in [3.63, 3.8) is 0 Å². The van der Waals surface area contributed by atoms with Gasteiger partial charge in [0.05, 0.1) is 12.6 Å². The summed E-state index contributed by atoms with van der Waals surface area (Å²) in [6, 6.07) is -1.25. The number of rotatable bonds is 6. The van der Waals surface area contributed by atoms with Crippen molar-refractivity contribution in [1.82, 2.24) is 10.6 Å². The Balaban J connectivity index is 4.04. The van der Waals surface area contributed by atoms with Crippen LogP contribution in [0.3, 0.4) is 0 Å². The van der Waals surface area contributed by atoms with Gasteiger partial charge in [-0.05, 0) is 13.5 Å². The highest BCUT2D eigenvalue weighted by Crippen LogP contribution is 1.92. The zero-order valence-electron chi connectivity index (χ0n) is 8.28. The molecule has 2 atom stereocenters. The second-order valence-corrected chi connectivity index (χ2v) is 2.90. The SMILES string of the molecule is CCNCC(=O)NC(C(=O)O)C(C)O. The Hall–Kier alpha value is -1.14. The van der Waals surface area contributed by atoms with Crippen LogP contribution < -0.4 is 10.6 Å². The molecule has 0 aliphatic rings. The van der Waals surface area contributed by atoms with Gasteiger partial charge in [-0.15, -0.1) is 0 Å². The fraction of sp³-hybridized carbons (Fsp3) is 0.750. The third kappa shape index (κ3) is 4.78. The first-order valence-corrected chi connectivity index (χ1v) is 4.40. The second kappa shape index (κ2) is 6.33. The molecule has 4 N–H and O–H groups in total. The maximum absolute atomic E-state index is 11.1. The number of aliphatic carboxylic acids is 1. The van der Waals surface area contributed by atoms with E-state index in [0.717, 1.165) is 0 Å². The highest BCUT2D eigenvalue weighted by Gasteiger charge is 2.24. The Kier molecular flexibility index (Phi) is 5.82. The second-order valence-electron chi connectivity index (χ2n) is 2.90. The summed E-state index contributed by atoms with van der Waals surface area (Å²) in [5, 5.41) is 22.6. The smallest absolute Gasteiger partial charge is 0.328 e. The van der Waals surface area contributed by atoms with Gasteiger partial charge in [-0.1, -0.05) is 6.92 Å². The molecule has 0 spiro atoms. The first-order valence-electron chi connectivity index (χ1n) is 4.40. The Morgan fingerprint density at radius 2 is 2.00 bits per heavy atom. The van der Waals surface area contributed by atoms with Crippen LogP contribution in [0.1, 0.15) is 13.8 Å². The van der Waals surface area contributed by atoms with Gasteiger partial charge in [-0.2, -0.15) is 0 Å². The van der Waals surface area contributed by atoms with E-state index in [4.69, 9.17) is 10.2 Å². The van der Waals surface area contributed by atoms with Gasteiger partial charge < -0.3 is 20.8 Å². The van der Waals surface area contributed by atoms with Crippen molar-refractivity contribution in [2.24, 2.45) is 0 Å². The van der Waals surface area contributed by atoms with Gasteiger partial charge in [0.25, 0.3) is 0 Å². The molecular weight excluding hydrogens is 188 g/mol. The standard InChI is InChI=1S/C8H16N2O4/c1-3-9-4-6(12)10-7(5(2)11)8(13)14/h5,7,9,11H,3-4H2,1-2H3,(H,10,12)(H,13,14). The van der Waals surface area contributed by atoms with Gasteiger partial charge in [0, 0.05) is 0 Å². The molecule has 0 bridgehead atoms. The highest BCUT2D eigenvalue weighted by atomic mass is 16.4. The van der Waals surface area contributed by atoms with Crippen LogP contribution in [0.2, 0.25) is 0 Å². The number of likely N-dealkylation sites (N-methyl/N-ethyl adjacent to an activating group) is 1. The topological polar surface area (TPSA) is 98.7 Å². The Labute approximate surface area is 82.3 Å². The van der Waals surface area contributed by atoms with Crippen LogP contribution in [-0.4, -0.2) is 47.3 Å². The molecule has 0 heterocycles. The molecule has 0 aromatic heterocycles. The lowest BCUT2D eigenvalue weighted by atomic mass is 10.2. The number of carbonyl (C=O) groups is 2. The van der Waals surface area contributed by atoms with E-state index in [1.54, 1.807) is 0 Å². The van der Waals surface area contributed by atoms with Gasteiger partial charge in [0.1, 0.15) is 0 Å². The van der Waals surface area contributed by atoms with E-state index in [-0.39, 0.29) is 6.54 Å². The Morgan fingerprint density at radius 3 is 2.36 bits per heavy atom. The molecule has 0 rings (SSSR count). The average Bonchev–Trinajstić information content (AvgIpc) is 2.09. The number of nitrogens with one attached hydrogen (secondary N) is 2. The van der Waals surface area contributed by atoms with Gasteiger partial charge in [0.2, 0.25) is 5.91 Å². The largest absolute Gasteiger partial charge is 0.480 e. The molecule has 0 aliphatic heterocycles. The van der Waals surface area contributed by atoms with Gasteiger partial charge in [-0.3, -0.25) is 4.79 Å². The molecule has 0 aliphatic carbocycles. The Bertz CT molecular complexity index is 206. The molecule has 2 unspecified atom stereocenters. The zero-order chi connectivity index (χ0) is 11.1. The lowest BCUT2D eigenvalue weighted by Crippen LogP contribution is -2.50. The quantitative estimate of drug-likeness (QED) is 0.424. The van der Waals surface area contributed by atoms with E-state index in [2.05, 4.69) is 10.6 Å². The molecule has 82 valence electrons. The average molecular weight is 204 g/mol. The molecule has 0 aromatic carbocycles. The molecular formula is C8H16N2O4. The van der Waals surface area contributed by atoms with Gasteiger partial charge in [0.15, 0.2) is 6.04 Å². The predicted octanol–water partition coefficient (Wildman–Crippen LogP) is -1.45. The van der Waals surface area contributed by atoms with E-state index in [1.807, 2.05) is 6.92 Å². The number of carboxylic acid groups (broad SMARTS) is 1. The minimum absolute atomic E-state index is 0.0486. The maximum Gasteiger partial charge on any atom is 0.328 e. The summed E-state index contributed by atoms with van der Waals surface area (Å²) in [6.45, 7) is 3.82. The van der Waals surface area contributed by atoms with Crippen molar-refractivity contribution >= 4 is 11.9 Å². The molecule has 0 fully saturated rings. The van der Waals surface area contributed by atoms with Gasteiger partial charge in [-0.25, -0.2) is 4.79 Å². The minimum Gasteiger partial charge on any atom is -0.480 e. The molecule has 14 heavy (non-hydrogen) atoms. The summed E-state index contributed by atoms with van der Waals surface area (Å²) < 4.78 is 0. The fourth-order valence-electron chi connectivity index (χ4n) is 0.852. The van der Waals surface area contributed by atoms with Crippen LogP contribution in [0.4, 0.5) is 0 Å². The summed E-state index contributed by atoms with van der Waals surface area (Å²) in [4.78, 5) is 21.6. The molecule has 6 nitrogen and oxygen atoms in total. The third-order valence-corrected chi connectivity index (χ3v) is 1.60. The summed E-state index contributed by atoms with van der Waals surface area (Å²) in [6.07, 6.45) is -1.11. The lowest BCUT2D eigenvalue weighted by molar-refractivity contribution is -0.144. The number of carboxylic acids is 1. The maximum atomic E-state index is 11.1. The van der Waals surface area contributed by atoms with E-state index in [1.165, 1.54) is 6.92 Å². The zero-order valence-corrected chi connectivity index (χ0v) is 8.28. The molecule has 6 heteroatoms. The summed E-state index contributed by atoms with van der Waals surface area (Å²) in [7, 11) is 0. The van der Waals surface area contributed by atoms with E-state index in [9.17, 15) is 9.59 Å². The first kappa shape index (κ1) is 12.9. The number of hydrogen-bond donors (Lipinski definition) is 4. The number of aliphatic hydroxyl groups is 1. The number of hydrogen-bond acceptors (Lipinski definition) is 4. The Morgan fingerprint density at radius 1 is 1.43 bits per heavy atom. The van der Waals surface area contributed by atoms with Crippen LogP contribution in [0, 0.1) is 0 Å². The fourth-order valence-corrected chi connectivity index (χ4v) is 0.852. The lowest BCUT2D eigenvalue weighted by Gasteiger charge is -2.16. The highest BCUT2D eigenvalue weighted by molar-refractivity contribution is 5.85. The molecule has 0 saturated heterocycles. The number of carbonyl (C=O) groups excluding carboxylic acids is 1. The van der Waals surface area contributed by atoms with Crippen LogP contribution in [-0.2, 0) is 9.59 Å². The van der Waals surface area contributed by atoms with E-state index in [0.29, 0.717) is 6.54 Å². The van der Waals surface area contributed by atoms with Crippen molar-refractivity contribution in [3.8, 4) is 0 Å².